The van der Waals surface area contributed by atoms with E-state index in [9.17, 15) is 23.1 Å². The van der Waals surface area contributed by atoms with Gasteiger partial charge >= 0.3 is 6.18 Å². The van der Waals surface area contributed by atoms with Crippen molar-refractivity contribution in [2.45, 2.75) is 12.3 Å². The lowest BCUT2D eigenvalue weighted by molar-refractivity contribution is -0.137. The van der Waals surface area contributed by atoms with E-state index in [2.05, 4.69) is 10.3 Å². The van der Waals surface area contributed by atoms with Crippen LogP contribution in [-0.2, 0) is 15.8 Å². The smallest absolute Gasteiger partial charge is 0.387 e. The number of carbonyl (C=O) groups excluding carboxylic acids is 1. The lowest BCUT2D eigenvalue weighted by Gasteiger charge is -2.13. The normalized spacial score (nSPS) is 13.3. The molecule has 0 spiro atoms. The van der Waals surface area contributed by atoms with Gasteiger partial charge in [0.05, 0.1) is 18.2 Å². The second-order valence-corrected chi connectivity index (χ2v) is 3.74. The van der Waals surface area contributed by atoms with Gasteiger partial charge in [0.25, 0.3) is 0 Å². The van der Waals surface area contributed by atoms with Gasteiger partial charge in [-0.3, -0.25) is 9.63 Å². The molecule has 19 heavy (non-hydrogen) atoms. The Kier molecular flexibility index (Phi) is 5.28. The first kappa shape index (κ1) is 15.4. The Balaban J connectivity index is 2.49. The SMILES string of the molecule is NC(=O)CONCC(O)c1ccc(C(F)(F)F)cc1. The van der Waals surface area contributed by atoms with Crippen molar-refractivity contribution >= 4 is 5.91 Å². The molecule has 0 aliphatic rings. The van der Waals surface area contributed by atoms with Crippen LogP contribution < -0.4 is 11.2 Å². The van der Waals surface area contributed by atoms with Crippen LogP contribution in [0.1, 0.15) is 17.2 Å². The number of hydrogen-bond acceptors (Lipinski definition) is 4. The minimum absolute atomic E-state index is 0.0847. The fourth-order valence-electron chi connectivity index (χ4n) is 1.27. The third kappa shape index (κ3) is 5.25. The van der Waals surface area contributed by atoms with E-state index in [0.29, 0.717) is 5.56 Å². The van der Waals surface area contributed by atoms with Gasteiger partial charge in [0, 0.05) is 0 Å². The highest BCUT2D eigenvalue weighted by Crippen LogP contribution is 2.29. The topological polar surface area (TPSA) is 84.6 Å². The summed E-state index contributed by atoms with van der Waals surface area (Å²) >= 11 is 0. The van der Waals surface area contributed by atoms with E-state index in [-0.39, 0.29) is 13.2 Å². The molecular weight excluding hydrogens is 265 g/mol. The van der Waals surface area contributed by atoms with Gasteiger partial charge in [0.2, 0.25) is 5.91 Å². The lowest BCUT2D eigenvalue weighted by Crippen LogP contribution is -2.27. The van der Waals surface area contributed by atoms with E-state index in [0.717, 1.165) is 12.1 Å². The molecule has 1 amide bonds. The van der Waals surface area contributed by atoms with Crippen LogP contribution >= 0.6 is 0 Å². The molecule has 4 N–H and O–H groups in total. The molecule has 1 atom stereocenters. The summed E-state index contributed by atoms with van der Waals surface area (Å²) in [5, 5.41) is 9.64. The van der Waals surface area contributed by atoms with E-state index >= 15 is 0 Å². The maximum Gasteiger partial charge on any atom is 0.416 e. The molecule has 0 heterocycles. The quantitative estimate of drug-likeness (QED) is 0.529. The molecule has 0 aromatic heterocycles. The van der Waals surface area contributed by atoms with Crippen LogP contribution in [0.2, 0.25) is 0 Å². The number of primary amides is 1. The molecule has 106 valence electrons. The number of rotatable bonds is 6. The van der Waals surface area contributed by atoms with Gasteiger partial charge < -0.3 is 10.8 Å². The molecule has 0 bridgehead atoms. The summed E-state index contributed by atoms with van der Waals surface area (Å²) in [4.78, 5) is 14.9. The fourth-order valence-corrected chi connectivity index (χ4v) is 1.27. The van der Waals surface area contributed by atoms with Crippen LogP contribution in [0.25, 0.3) is 0 Å². The monoisotopic (exact) mass is 278 g/mol. The Morgan fingerprint density at radius 1 is 1.37 bits per heavy atom. The number of aliphatic hydroxyl groups excluding tert-OH is 1. The third-order valence-electron chi connectivity index (χ3n) is 2.22. The molecule has 8 heteroatoms. The van der Waals surface area contributed by atoms with Crippen molar-refractivity contribution in [3.8, 4) is 0 Å². The summed E-state index contributed by atoms with van der Waals surface area (Å²) in [6.07, 6.45) is -5.47. The van der Waals surface area contributed by atoms with Crippen LogP contribution in [0, 0.1) is 0 Å². The Labute approximate surface area is 107 Å². The second kappa shape index (κ2) is 6.50. The molecule has 5 nitrogen and oxygen atoms in total. The number of benzene rings is 1. The van der Waals surface area contributed by atoms with Gasteiger partial charge in [-0.2, -0.15) is 18.7 Å². The van der Waals surface area contributed by atoms with Gasteiger partial charge in [-0.15, -0.1) is 0 Å². The summed E-state index contributed by atoms with van der Waals surface area (Å²) in [6.45, 7) is -0.446. The molecule has 0 radical (unpaired) electrons. The summed E-state index contributed by atoms with van der Waals surface area (Å²) < 4.78 is 36.9. The molecule has 1 aromatic rings. The molecular formula is C11H13F3N2O3. The zero-order chi connectivity index (χ0) is 14.5. The zero-order valence-electron chi connectivity index (χ0n) is 9.78. The van der Waals surface area contributed by atoms with Crippen LogP contribution in [0.5, 0.6) is 0 Å². The first-order chi connectivity index (χ1) is 8.80. The molecule has 0 fully saturated rings. The molecule has 0 aliphatic carbocycles. The van der Waals surface area contributed by atoms with Gasteiger partial charge in [-0.05, 0) is 17.7 Å². The van der Waals surface area contributed by atoms with Crippen LogP contribution in [0.4, 0.5) is 13.2 Å². The molecule has 1 aromatic carbocycles. The predicted molar refractivity (Wildman–Crippen MR) is 59.6 cm³/mol. The largest absolute Gasteiger partial charge is 0.416 e. The van der Waals surface area contributed by atoms with Crippen molar-refractivity contribution in [1.82, 2.24) is 5.48 Å². The summed E-state index contributed by atoms with van der Waals surface area (Å²) in [7, 11) is 0. The number of nitrogens with one attached hydrogen (secondary N) is 1. The maximum atomic E-state index is 12.3. The molecule has 0 saturated heterocycles. The number of nitrogens with two attached hydrogens (primary N) is 1. The first-order valence-corrected chi connectivity index (χ1v) is 5.29. The Morgan fingerprint density at radius 3 is 2.42 bits per heavy atom. The molecule has 1 rings (SSSR count). The van der Waals surface area contributed by atoms with E-state index in [1.807, 2.05) is 0 Å². The van der Waals surface area contributed by atoms with Gasteiger partial charge in [-0.1, -0.05) is 12.1 Å². The second-order valence-electron chi connectivity index (χ2n) is 3.74. The standard InChI is InChI=1S/C11H13F3N2O3/c12-11(13,14)8-3-1-7(2-4-8)9(17)5-16-19-6-10(15)18/h1-4,9,16-17H,5-6H2,(H2,15,18). The zero-order valence-corrected chi connectivity index (χ0v) is 9.78. The number of hydrogen-bond donors (Lipinski definition) is 3. The number of carbonyl (C=O) groups is 1. The minimum Gasteiger partial charge on any atom is -0.387 e. The van der Waals surface area contributed by atoms with Crippen LogP contribution in [0.15, 0.2) is 24.3 Å². The van der Waals surface area contributed by atoms with Gasteiger partial charge in [0.1, 0.15) is 6.61 Å². The molecule has 0 aliphatic heterocycles. The average molecular weight is 278 g/mol. The Bertz CT molecular complexity index is 420. The van der Waals surface area contributed by atoms with Crippen molar-refractivity contribution in [3.05, 3.63) is 35.4 Å². The van der Waals surface area contributed by atoms with E-state index < -0.39 is 23.8 Å². The van der Waals surface area contributed by atoms with Crippen LogP contribution in [0.3, 0.4) is 0 Å². The van der Waals surface area contributed by atoms with Crippen molar-refractivity contribution < 1.29 is 27.9 Å². The van der Waals surface area contributed by atoms with E-state index in [4.69, 9.17) is 5.73 Å². The molecule has 1 unspecified atom stereocenters. The van der Waals surface area contributed by atoms with Crippen molar-refractivity contribution in [2.24, 2.45) is 5.73 Å². The molecule has 0 saturated carbocycles. The minimum atomic E-state index is -4.41. The first-order valence-electron chi connectivity index (χ1n) is 5.29. The van der Waals surface area contributed by atoms with Gasteiger partial charge in [-0.25, -0.2) is 0 Å². The highest BCUT2D eigenvalue weighted by molar-refractivity contribution is 5.74. The van der Waals surface area contributed by atoms with E-state index in [1.54, 1.807) is 0 Å². The van der Waals surface area contributed by atoms with Crippen molar-refractivity contribution in [3.63, 3.8) is 0 Å². The van der Waals surface area contributed by atoms with E-state index in [1.165, 1.54) is 12.1 Å². The van der Waals surface area contributed by atoms with Gasteiger partial charge in [0.15, 0.2) is 0 Å². The highest BCUT2D eigenvalue weighted by Gasteiger charge is 2.30. The number of halogens is 3. The number of alkyl halides is 3. The van der Waals surface area contributed by atoms with Crippen molar-refractivity contribution in [2.75, 3.05) is 13.2 Å². The fraction of sp³-hybridized carbons (Fsp3) is 0.364. The average Bonchev–Trinajstić information content (AvgIpc) is 2.33. The number of amides is 1. The summed E-state index contributed by atoms with van der Waals surface area (Å²) in [6, 6.07) is 4.10. The lowest BCUT2D eigenvalue weighted by atomic mass is 10.1. The number of aliphatic hydroxyl groups is 1. The maximum absolute atomic E-state index is 12.3. The van der Waals surface area contributed by atoms with Crippen molar-refractivity contribution in [1.29, 1.82) is 0 Å². The highest BCUT2D eigenvalue weighted by atomic mass is 19.4. The summed E-state index contributed by atoms with van der Waals surface area (Å²) in [5.74, 6) is -0.684. The van der Waals surface area contributed by atoms with Crippen LogP contribution in [-0.4, -0.2) is 24.2 Å². The third-order valence-corrected chi connectivity index (χ3v) is 2.22. The predicted octanol–water partition coefficient (Wildman–Crippen LogP) is 0.745. The summed E-state index contributed by atoms with van der Waals surface area (Å²) in [5.41, 5.74) is 6.60. The Hall–Kier alpha value is -1.64. The number of hydroxylamine groups is 1. The Morgan fingerprint density at radius 2 is 1.95 bits per heavy atom.